The smallest absolute Gasteiger partial charge is 0.201 e. The number of aryl methyl sites for hydroxylation is 1. The fourth-order valence-corrected chi connectivity index (χ4v) is 3.03. The van der Waals surface area contributed by atoms with Crippen molar-refractivity contribution in [3.63, 3.8) is 0 Å². The van der Waals surface area contributed by atoms with Crippen molar-refractivity contribution in [3.8, 4) is 22.3 Å². The van der Waals surface area contributed by atoms with E-state index in [1.165, 1.54) is 33.2 Å². The first-order valence-electron chi connectivity index (χ1n) is 7.85. The third-order valence-electron chi connectivity index (χ3n) is 4.32. The Labute approximate surface area is 136 Å². The fourth-order valence-electron chi connectivity index (χ4n) is 3.03. The van der Waals surface area contributed by atoms with E-state index < -0.39 is 0 Å². The second-order valence-corrected chi connectivity index (χ2v) is 5.84. The molecule has 0 saturated heterocycles. The highest BCUT2D eigenvalue weighted by atomic mass is 14.9. The number of benzene rings is 3. The lowest BCUT2D eigenvalue weighted by molar-refractivity contribution is -0.644. The largest absolute Gasteiger partial charge is 0.212 e. The lowest BCUT2D eigenvalue weighted by Crippen LogP contribution is -2.27. The Morgan fingerprint density at radius 1 is 0.565 bits per heavy atom. The van der Waals surface area contributed by atoms with Crippen molar-refractivity contribution in [2.75, 3.05) is 0 Å². The minimum absolute atomic E-state index is 1.25. The third kappa shape index (κ3) is 2.62. The van der Waals surface area contributed by atoms with Gasteiger partial charge in [-0.05, 0) is 40.5 Å². The number of nitrogens with zero attached hydrogens (tertiary/aromatic N) is 1. The van der Waals surface area contributed by atoms with Gasteiger partial charge in [-0.15, -0.1) is 0 Å². The molecule has 0 fully saturated rings. The first-order valence-corrected chi connectivity index (χ1v) is 7.85. The van der Waals surface area contributed by atoms with Crippen molar-refractivity contribution in [2.45, 2.75) is 0 Å². The molecule has 110 valence electrons. The molecule has 0 spiro atoms. The van der Waals surface area contributed by atoms with Crippen LogP contribution in [0.4, 0.5) is 0 Å². The molecule has 0 radical (unpaired) electrons. The molecule has 0 amide bonds. The molecule has 4 aromatic rings. The van der Waals surface area contributed by atoms with Gasteiger partial charge in [0.25, 0.3) is 0 Å². The molecule has 0 aliphatic carbocycles. The Morgan fingerprint density at radius 2 is 1.17 bits per heavy atom. The maximum atomic E-state index is 2.26. The second kappa shape index (κ2) is 5.69. The minimum Gasteiger partial charge on any atom is -0.201 e. The molecule has 0 aliphatic heterocycles. The molecule has 0 unspecified atom stereocenters. The van der Waals surface area contributed by atoms with Crippen LogP contribution in [0.2, 0.25) is 0 Å². The Kier molecular flexibility index (Phi) is 3.39. The van der Waals surface area contributed by atoms with E-state index in [0.29, 0.717) is 0 Å². The number of pyridine rings is 1. The van der Waals surface area contributed by atoms with Gasteiger partial charge in [-0.1, -0.05) is 54.6 Å². The summed E-state index contributed by atoms with van der Waals surface area (Å²) in [6.07, 6.45) is 2.08. The van der Waals surface area contributed by atoms with Crippen LogP contribution in [0.25, 0.3) is 33.2 Å². The lowest BCUT2D eigenvalue weighted by atomic mass is 9.99. The van der Waals surface area contributed by atoms with Crippen molar-refractivity contribution < 1.29 is 4.57 Å². The Bertz CT molecular complexity index is 954. The Balaban J connectivity index is 1.73. The summed E-state index contributed by atoms with van der Waals surface area (Å²) >= 11 is 0. The molecule has 0 N–H and O–H groups in total. The molecule has 23 heavy (non-hydrogen) atoms. The summed E-state index contributed by atoms with van der Waals surface area (Å²) in [7, 11) is 2.08. The third-order valence-corrected chi connectivity index (χ3v) is 4.32. The van der Waals surface area contributed by atoms with Crippen LogP contribution in [0.15, 0.2) is 91.1 Å². The van der Waals surface area contributed by atoms with E-state index in [1.54, 1.807) is 0 Å². The van der Waals surface area contributed by atoms with Crippen LogP contribution in [0.3, 0.4) is 0 Å². The van der Waals surface area contributed by atoms with Gasteiger partial charge in [0.2, 0.25) is 5.52 Å². The van der Waals surface area contributed by atoms with Crippen LogP contribution in [-0.2, 0) is 7.05 Å². The average Bonchev–Trinajstić information content (AvgIpc) is 2.63. The molecule has 3 aromatic carbocycles. The van der Waals surface area contributed by atoms with Crippen LogP contribution in [0.1, 0.15) is 0 Å². The average molecular weight is 296 g/mol. The molecular weight excluding hydrogens is 278 g/mol. The summed E-state index contributed by atoms with van der Waals surface area (Å²) in [6, 6.07) is 30.2. The second-order valence-electron chi connectivity index (χ2n) is 5.84. The van der Waals surface area contributed by atoms with Crippen molar-refractivity contribution in [1.29, 1.82) is 0 Å². The molecule has 1 heteroatoms. The summed E-state index contributed by atoms with van der Waals surface area (Å²) in [4.78, 5) is 0. The SMILES string of the molecule is C[n+]1cccc2cc(-c3ccc(-c4ccccc4)cc3)ccc21. The molecule has 0 aliphatic rings. The van der Waals surface area contributed by atoms with E-state index >= 15 is 0 Å². The number of hydrogen-bond donors (Lipinski definition) is 0. The molecular formula is C22H18N+. The van der Waals surface area contributed by atoms with Gasteiger partial charge in [-0.25, -0.2) is 4.57 Å². The highest BCUT2D eigenvalue weighted by Crippen LogP contribution is 2.26. The van der Waals surface area contributed by atoms with Crippen LogP contribution in [0.5, 0.6) is 0 Å². The van der Waals surface area contributed by atoms with Gasteiger partial charge in [0.1, 0.15) is 7.05 Å². The predicted molar refractivity (Wildman–Crippen MR) is 96.0 cm³/mol. The molecule has 4 rings (SSSR count). The maximum Gasteiger partial charge on any atom is 0.212 e. The van der Waals surface area contributed by atoms with Crippen molar-refractivity contribution in [1.82, 2.24) is 0 Å². The van der Waals surface area contributed by atoms with Crippen LogP contribution in [-0.4, -0.2) is 0 Å². The number of rotatable bonds is 2. The van der Waals surface area contributed by atoms with E-state index in [1.807, 2.05) is 6.07 Å². The van der Waals surface area contributed by atoms with E-state index in [9.17, 15) is 0 Å². The molecule has 0 bridgehead atoms. The zero-order chi connectivity index (χ0) is 15.6. The zero-order valence-electron chi connectivity index (χ0n) is 13.1. The van der Waals surface area contributed by atoms with Crippen molar-refractivity contribution in [3.05, 3.63) is 91.1 Å². The maximum absolute atomic E-state index is 2.26. The molecule has 0 atom stereocenters. The summed E-state index contributed by atoms with van der Waals surface area (Å²) in [6.45, 7) is 0. The summed E-state index contributed by atoms with van der Waals surface area (Å²) in [5, 5.41) is 1.26. The minimum atomic E-state index is 1.25. The summed E-state index contributed by atoms with van der Waals surface area (Å²) in [5.41, 5.74) is 6.25. The van der Waals surface area contributed by atoms with Crippen LogP contribution < -0.4 is 4.57 Å². The summed E-state index contributed by atoms with van der Waals surface area (Å²) in [5.74, 6) is 0. The fraction of sp³-hybridized carbons (Fsp3) is 0.0455. The first-order chi connectivity index (χ1) is 11.3. The standard InChI is InChI=1S/C22H18N/c1-23-15-5-8-21-16-20(13-14-22(21)23)19-11-9-18(10-12-19)17-6-3-2-4-7-17/h2-16H,1H3/q+1. The van der Waals surface area contributed by atoms with Gasteiger partial charge in [0.05, 0.1) is 0 Å². The van der Waals surface area contributed by atoms with Crippen molar-refractivity contribution >= 4 is 10.9 Å². The van der Waals surface area contributed by atoms with Crippen molar-refractivity contribution in [2.24, 2.45) is 7.05 Å². The molecule has 0 saturated carbocycles. The van der Waals surface area contributed by atoms with Gasteiger partial charge in [0, 0.05) is 17.5 Å². The quantitative estimate of drug-likeness (QED) is 0.458. The van der Waals surface area contributed by atoms with E-state index in [2.05, 4.69) is 96.7 Å². The number of hydrogen-bond acceptors (Lipinski definition) is 0. The van der Waals surface area contributed by atoms with Gasteiger partial charge in [-0.2, -0.15) is 0 Å². The van der Waals surface area contributed by atoms with Gasteiger partial charge in [0.15, 0.2) is 6.20 Å². The Morgan fingerprint density at radius 3 is 1.91 bits per heavy atom. The highest BCUT2D eigenvalue weighted by Gasteiger charge is 2.06. The Hall–Kier alpha value is -2.93. The summed E-state index contributed by atoms with van der Waals surface area (Å²) < 4.78 is 2.15. The van der Waals surface area contributed by atoms with Gasteiger partial charge < -0.3 is 0 Å². The lowest BCUT2D eigenvalue weighted by Gasteiger charge is -2.06. The van der Waals surface area contributed by atoms with E-state index in [4.69, 9.17) is 0 Å². The van der Waals surface area contributed by atoms with E-state index in [-0.39, 0.29) is 0 Å². The van der Waals surface area contributed by atoms with E-state index in [0.717, 1.165) is 0 Å². The normalized spacial score (nSPS) is 10.8. The predicted octanol–water partition coefficient (Wildman–Crippen LogP) is 5.00. The monoisotopic (exact) mass is 296 g/mol. The van der Waals surface area contributed by atoms with Gasteiger partial charge in [-0.3, -0.25) is 0 Å². The molecule has 1 aromatic heterocycles. The van der Waals surface area contributed by atoms with Crippen LogP contribution >= 0.6 is 0 Å². The topological polar surface area (TPSA) is 3.88 Å². The van der Waals surface area contributed by atoms with Crippen LogP contribution in [0, 0.1) is 0 Å². The van der Waals surface area contributed by atoms with Gasteiger partial charge >= 0.3 is 0 Å². The number of aromatic nitrogens is 1. The molecule has 1 nitrogen and oxygen atoms in total. The highest BCUT2D eigenvalue weighted by molar-refractivity contribution is 5.82. The zero-order valence-corrected chi connectivity index (χ0v) is 13.1. The first kappa shape index (κ1) is 13.7. The number of fused-ring (bicyclic) bond motifs is 1. The molecule has 1 heterocycles.